The van der Waals surface area contributed by atoms with Crippen molar-refractivity contribution < 1.29 is 9.90 Å². The van der Waals surface area contributed by atoms with Gasteiger partial charge in [0.2, 0.25) is 0 Å². The van der Waals surface area contributed by atoms with Crippen LogP contribution in [0.4, 0.5) is 0 Å². The molecule has 0 aromatic carbocycles. The molecule has 1 rings (SSSR count). The molecule has 13 heavy (non-hydrogen) atoms. The molecule has 1 aliphatic heterocycles. The molecule has 0 radical (unpaired) electrons. The molecule has 0 aromatic heterocycles. The van der Waals surface area contributed by atoms with Gasteiger partial charge in [-0.3, -0.25) is 4.90 Å². The molecule has 0 saturated carbocycles. The van der Waals surface area contributed by atoms with Gasteiger partial charge in [0.05, 0.1) is 12.1 Å². The summed E-state index contributed by atoms with van der Waals surface area (Å²) < 4.78 is 0. The van der Waals surface area contributed by atoms with Gasteiger partial charge in [-0.25, -0.2) is 0 Å². The van der Waals surface area contributed by atoms with Gasteiger partial charge in [0.15, 0.2) is 0 Å². The molecule has 3 heteroatoms. The van der Waals surface area contributed by atoms with E-state index >= 15 is 0 Å². The summed E-state index contributed by atoms with van der Waals surface area (Å²) in [4.78, 5) is 12.6. The normalized spacial score (nSPS) is 21.5. The summed E-state index contributed by atoms with van der Waals surface area (Å²) in [6, 6.07) is -0.280. The Morgan fingerprint density at radius 2 is 1.77 bits per heavy atom. The highest BCUT2D eigenvalue weighted by molar-refractivity contribution is 5.58. The van der Waals surface area contributed by atoms with Gasteiger partial charge >= 0.3 is 0 Å². The van der Waals surface area contributed by atoms with Crippen LogP contribution in [0.3, 0.4) is 0 Å². The molecule has 0 amide bonds. The molecule has 2 unspecified atom stereocenters. The molecule has 2 atom stereocenters. The predicted octanol–water partition coefficient (Wildman–Crippen LogP) is 1.06. The Labute approximate surface area is 80.7 Å². The fraction of sp³-hybridized carbons (Fsp3) is 0.900. The van der Waals surface area contributed by atoms with Gasteiger partial charge in [-0.15, -0.1) is 0 Å². The molecule has 1 saturated heterocycles. The van der Waals surface area contributed by atoms with Gasteiger partial charge in [-0.2, -0.15) is 0 Å². The summed E-state index contributed by atoms with van der Waals surface area (Å²) in [6.45, 7) is 7.57. The minimum absolute atomic E-state index is 0.280. The van der Waals surface area contributed by atoms with Gasteiger partial charge in [-0.1, -0.05) is 13.8 Å². The lowest BCUT2D eigenvalue weighted by Gasteiger charge is -2.24. The Morgan fingerprint density at radius 1 is 1.31 bits per heavy atom. The molecule has 0 spiro atoms. The van der Waals surface area contributed by atoms with E-state index in [-0.39, 0.29) is 6.04 Å². The molecule has 1 heterocycles. The van der Waals surface area contributed by atoms with Crippen LogP contribution in [0, 0.1) is 0 Å². The van der Waals surface area contributed by atoms with Crippen LogP contribution in [0.15, 0.2) is 0 Å². The summed E-state index contributed by atoms with van der Waals surface area (Å²) in [5.74, 6) is 0. The SMILES string of the molecule is CC.CC(O)C(C=O)N1CCCC1. The van der Waals surface area contributed by atoms with Crippen molar-refractivity contribution in [3.05, 3.63) is 0 Å². The highest BCUT2D eigenvalue weighted by Gasteiger charge is 2.24. The van der Waals surface area contributed by atoms with Crippen molar-refractivity contribution in [1.29, 1.82) is 0 Å². The van der Waals surface area contributed by atoms with E-state index in [0.29, 0.717) is 0 Å². The number of rotatable bonds is 3. The zero-order chi connectivity index (χ0) is 10.3. The van der Waals surface area contributed by atoms with E-state index in [2.05, 4.69) is 0 Å². The van der Waals surface area contributed by atoms with Crippen LogP contribution in [0.5, 0.6) is 0 Å². The first-order chi connectivity index (χ1) is 6.25. The second kappa shape index (κ2) is 7.04. The van der Waals surface area contributed by atoms with Crippen molar-refractivity contribution in [2.24, 2.45) is 0 Å². The average Bonchev–Trinajstić information content (AvgIpc) is 2.62. The summed E-state index contributed by atoms with van der Waals surface area (Å²) in [6.07, 6.45) is 2.61. The fourth-order valence-electron chi connectivity index (χ4n) is 1.54. The van der Waals surface area contributed by atoms with Crippen molar-refractivity contribution in [2.45, 2.75) is 45.8 Å². The molecule has 78 valence electrons. The number of nitrogens with zero attached hydrogens (tertiary/aromatic N) is 1. The van der Waals surface area contributed by atoms with Crippen LogP contribution in [0.1, 0.15) is 33.6 Å². The summed E-state index contributed by atoms with van der Waals surface area (Å²) in [5, 5.41) is 9.20. The topological polar surface area (TPSA) is 40.5 Å². The third-order valence-electron chi connectivity index (χ3n) is 2.20. The minimum Gasteiger partial charge on any atom is -0.391 e. The number of hydrogen-bond acceptors (Lipinski definition) is 3. The third-order valence-corrected chi connectivity index (χ3v) is 2.20. The zero-order valence-electron chi connectivity index (χ0n) is 8.86. The Morgan fingerprint density at radius 3 is 2.08 bits per heavy atom. The highest BCUT2D eigenvalue weighted by Crippen LogP contribution is 2.12. The first-order valence-corrected chi connectivity index (χ1v) is 5.13. The van der Waals surface area contributed by atoms with E-state index in [9.17, 15) is 9.90 Å². The number of aliphatic hydroxyl groups is 1. The molecule has 1 N–H and O–H groups in total. The lowest BCUT2D eigenvalue weighted by Crippen LogP contribution is -2.41. The fourth-order valence-corrected chi connectivity index (χ4v) is 1.54. The standard InChI is InChI=1S/C8H15NO2.C2H6/c1-7(11)8(6-10)9-4-2-3-5-9;1-2/h6-8,11H,2-5H2,1H3;1-2H3. The maximum Gasteiger partial charge on any atom is 0.139 e. The smallest absolute Gasteiger partial charge is 0.139 e. The third kappa shape index (κ3) is 3.87. The van der Waals surface area contributed by atoms with Crippen LogP contribution in [0.25, 0.3) is 0 Å². The van der Waals surface area contributed by atoms with Crippen molar-refractivity contribution in [3.8, 4) is 0 Å². The molecule has 0 aliphatic carbocycles. The van der Waals surface area contributed by atoms with Crippen molar-refractivity contribution in [3.63, 3.8) is 0 Å². The maximum absolute atomic E-state index is 10.5. The number of aliphatic hydroxyl groups excluding tert-OH is 1. The van der Waals surface area contributed by atoms with Crippen molar-refractivity contribution in [2.75, 3.05) is 13.1 Å². The second-order valence-corrected chi connectivity index (χ2v) is 3.11. The predicted molar refractivity (Wildman–Crippen MR) is 53.7 cm³/mol. The Kier molecular flexibility index (Phi) is 6.82. The van der Waals surface area contributed by atoms with E-state index in [1.165, 1.54) is 0 Å². The van der Waals surface area contributed by atoms with Crippen LogP contribution in [-0.4, -0.2) is 41.5 Å². The monoisotopic (exact) mass is 187 g/mol. The highest BCUT2D eigenvalue weighted by atomic mass is 16.3. The molecule has 1 aliphatic rings. The van der Waals surface area contributed by atoms with Crippen molar-refractivity contribution >= 4 is 6.29 Å². The van der Waals surface area contributed by atoms with Gasteiger partial charge in [-0.05, 0) is 32.9 Å². The quantitative estimate of drug-likeness (QED) is 0.672. The Bertz CT molecular complexity index is 131. The van der Waals surface area contributed by atoms with E-state index in [1.807, 2.05) is 18.7 Å². The number of likely N-dealkylation sites (tertiary alicyclic amines) is 1. The van der Waals surface area contributed by atoms with Crippen LogP contribution in [-0.2, 0) is 4.79 Å². The maximum atomic E-state index is 10.5. The van der Waals surface area contributed by atoms with Gasteiger partial charge < -0.3 is 9.90 Å². The summed E-state index contributed by atoms with van der Waals surface area (Å²) >= 11 is 0. The summed E-state index contributed by atoms with van der Waals surface area (Å²) in [7, 11) is 0. The molecule has 1 fully saturated rings. The van der Waals surface area contributed by atoms with E-state index in [0.717, 1.165) is 32.2 Å². The molecule has 3 nitrogen and oxygen atoms in total. The largest absolute Gasteiger partial charge is 0.391 e. The number of carbonyl (C=O) groups excluding carboxylic acids is 1. The Balaban J connectivity index is 0.000000671. The van der Waals surface area contributed by atoms with Crippen molar-refractivity contribution in [1.82, 2.24) is 4.90 Å². The summed E-state index contributed by atoms with van der Waals surface area (Å²) in [5.41, 5.74) is 0. The molecule has 0 bridgehead atoms. The first kappa shape index (κ1) is 12.6. The van der Waals surface area contributed by atoms with E-state index in [4.69, 9.17) is 0 Å². The Hall–Kier alpha value is -0.410. The lowest BCUT2D eigenvalue weighted by molar-refractivity contribution is -0.115. The van der Waals surface area contributed by atoms with E-state index < -0.39 is 6.10 Å². The number of aldehydes is 1. The minimum atomic E-state index is -0.536. The lowest BCUT2D eigenvalue weighted by atomic mass is 10.2. The molecular formula is C10H21NO2. The van der Waals surface area contributed by atoms with Gasteiger partial charge in [0.25, 0.3) is 0 Å². The van der Waals surface area contributed by atoms with Crippen LogP contribution in [0.2, 0.25) is 0 Å². The van der Waals surface area contributed by atoms with Gasteiger partial charge in [0.1, 0.15) is 6.29 Å². The van der Waals surface area contributed by atoms with Crippen LogP contribution >= 0.6 is 0 Å². The number of carbonyl (C=O) groups is 1. The van der Waals surface area contributed by atoms with Crippen LogP contribution < -0.4 is 0 Å². The zero-order valence-corrected chi connectivity index (χ0v) is 8.86. The van der Waals surface area contributed by atoms with E-state index in [1.54, 1.807) is 6.92 Å². The number of hydrogen-bond donors (Lipinski definition) is 1. The molecular weight excluding hydrogens is 166 g/mol. The molecule has 0 aromatic rings. The first-order valence-electron chi connectivity index (χ1n) is 5.13. The van der Waals surface area contributed by atoms with Gasteiger partial charge in [0, 0.05) is 0 Å². The average molecular weight is 187 g/mol. The second-order valence-electron chi connectivity index (χ2n) is 3.11.